The second-order valence-electron chi connectivity index (χ2n) is 7.93. The maximum absolute atomic E-state index is 6.23. The van der Waals surface area contributed by atoms with Crippen LogP contribution in [0.2, 0.25) is 5.28 Å². The molecule has 156 valence electrons. The van der Waals surface area contributed by atoms with Gasteiger partial charge in [-0.05, 0) is 36.6 Å². The lowest BCUT2D eigenvalue weighted by Crippen LogP contribution is -2.28. The van der Waals surface area contributed by atoms with E-state index in [0.29, 0.717) is 24.4 Å². The van der Waals surface area contributed by atoms with E-state index in [1.807, 2.05) is 48.7 Å². The second-order valence-corrected chi connectivity index (χ2v) is 8.27. The average molecular weight is 428 g/mol. The van der Waals surface area contributed by atoms with Gasteiger partial charge in [0.25, 0.3) is 0 Å². The molecule has 2 aliphatic rings. The molecule has 1 fully saturated rings. The van der Waals surface area contributed by atoms with Crippen LogP contribution in [0.25, 0.3) is 11.2 Å². The summed E-state index contributed by atoms with van der Waals surface area (Å²) in [4.78, 5) is 12.7. The molecule has 30 heavy (non-hydrogen) atoms. The minimum Gasteiger partial charge on any atom is -0.382 e. The van der Waals surface area contributed by atoms with Crippen LogP contribution in [0, 0.1) is 0 Å². The lowest BCUT2D eigenvalue weighted by Gasteiger charge is -2.21. The maximum Gasteiger partial charge on any atom is 0.226 e. The summed E-state index contributed by atoms with van der Waals surface area (Å²) in [5.41, 5.74) is 9.19. The molecule has 1 saturated heterocycles. The zero-order valence-corrected chi connectivity index (χ0v) is 17.4. The number of fused-ring (bicyclic) bond motifs is 2. The molecule has 1 aliphatic carbocycles. The summed E-state index contributed by atoms with van der Waals surface area (Å²) >= 11 is 6.04. The number of aromatic nitrogens is 4. The molecule has 9 heteroatoms. The van der Waals surface area contributed by atoms with Crippen molar-refractivity contribution in [1.82, 2.24) is 19.5 Å². The number of anilines is 1. The molecule has 0 saturated carbocycles. The van der Waals surface area contributed by atoms with E-state index >= 15 is 0 Å². The standard InChI is InChI=1S/C21H22ClN5O3/c1-21(2)29-16-13(10-28-9-12-6-4-3-5-7-12)8-14(17(16)30-21)27-11-24-15-18(23)25-20(22)26-19(15)27/h3-8,11,14,16-17H,9-10H2,1-2H3,(H2,23,25,26)/t14-,16-,17+/m1/s1. The third-order valence-corrected chi connectivity index (χ3v) is 5.51. The average Bonchev–Trinajstić information content (AvgIpc) is 3.34. The third-order valence-electron chi connectivity index (χ3n) is 5.34. The topological polar surface area (TPSA) is 97.3 Å². The van der Waals surface area contributed by atoms with E-state index in [1.165, 1.54) is 0 Å². The quantitative estimate of drug-likeness (QED) is 0.492. The highest BCUT2D eigenvalue weighted by molar-refractivity contribution is 6.28. The number of imidazole rings is 1. The van der Waals surface area contributed by atoms with Gasteiger partial charge in [-0.1, -0.05) is 36.4 Å². The fraction of sp³-hybridized carbons (Fsp3) is 0.381. The molecule has 1 aromatic carbocycles. The van der Waals surface area contributed by atoms with Crippen molar-refractivity contribution < 1.29 is 14.2 Å². The smallest absolute Gasteiger partial charge is 0.226 e. The fourth-order valence-corrected chi connectivity index (χ4v) is 4.26. The molecule has 2 N–H and O–H groups in total. The molecule has 0 radical (unpaired) electrons. The Labute approximate surface area is 178 Å². The summed E-state index contributed by atoms with van der Waals surface area (Å²) in [6.07, 6.45) is 3.34. The zero-order chi connectivity index (χ0) is 20.9. The van der Waals surface area contributed by atoms with Gasteiger partial charge in [-0.15, -0.1) is 0 Å². The number of halogens is 1. The van der Waals surface area contributed by atoms with E-state index < -0.39 is 5.79 Å². The Morgan fingerprint density at radius 2 is 1.97 bits per heavy atom. The zero-order valence-electron chi connectivity index (χ0n) is 16.7. The molecule has 0 amide bonds. The van der Waals surface area contributed by atoms with Crippen LogP contribution >= 0.6 is 11.6 Å². The summed E-state index contributed by atoms with van der Waals surface area (Å²) in [6, 6.07) is 9.89. The number of nitrogens with zero attached hydrogens (tertiary/aromatic N) is 4. The Hall–Kier alpha value is -2.52. The van der Waals surface area contributed by atoms with Crippen LogP contribution in [-0.4, -0.2) is 44.1 Å². The van der Waals surface area contributed by atoms with Crippen molar-refractivity contribution in [3.8, 4) is 0 Å². The van der Waals surface area contributed by atoms with Crippen LogP contribution < -0.4 is 5.73 Å². The van der Waals surface area contributed by atoms with Gasteiger partial charge in [0.15, 0.2) is 17.3 Å². The molecular formula is C21H22ClN5O3. The van der Waals surface area contributed by atoms with Crippen molar-refractivity contribution in [2.75, 3.05) is 12.3 Å². The van der Waals surface area contributed by atoms with Crippen molar-refractivity contribution in [3.63, 3.8) is 0 Å². The highest BCUT2D eigenvalue weighted by Crippen LogP contribution is 2.44. The van der Waals surface area contributed by atoms with Gasteiger partial charge in [-0.2, -0.15) is 9.97 Å². The first-order valence-corrected chi connectivity index (χ1v) is 10.1. The Morgan fingerprint density at radius 3 is 2.77 bits per heavy atom. The van der Waals surface area contributed by atoms with Crippen LogP contribution in [-0.2, 0) is 20.8 Å². The largest absolute Gasteiger partial charge is 0.382 e. The number of nitrogen functional groups attached to an aromatic ring is 1. The van der Waals surface area contributed by atoms with Crippen molar-refractivity contribution in [3.05, 3.63) is 59.2 Å². The van der Waals surface area contributed by atoms with Crippen molar-refractivity contribution >= 4 is 28.6 Å². The first-order valence-electron chi connectivity index (χ1n) is 9.75. The lowest BCUT2D eigenvalue weighted by atomic mass is 10.1. The predicted octanol–water partition coefficient (Wildman–Crippen LogP) is 3.28. The van der Waals surface area contributed by atoms with Gasteiger partial charge >= 0.3 is 0 Å². The van der Waals surface area contributed by atoms with E-state index in [9.17, 15) is 0 Å². The Bertz CT molecular complexity index is 1110. The molecule has 3 aromatic rings. The number of hydrogen-bond donors (Lipinski definition) is 1. The Balaban J connectivity index is 1.44. The molecule has 0 spiro atoms. The number of hydrogen-bond acceptors (Lipinski definition) is 7. The van der Waals surface area contributed by atoms with Crippen LogP contribution in [0.1, 0.15) is 25.5 Å². The Morgan fingerprint density at radius 1 is 1.17 bits per heavy atom. The van der Waals surface area contributed by atoms with E-state index in [-0.39, 0.29) is 29.4 Å². The minimum absolute atomic E-state index is 0.0793. The van der Waals surface area contributed by atoms with Crippen LogP contribution in [0.3, 0.4) is 0 Å². The number of ether oxygens (including phenoxy) is 3. The lowest BCUT2D eigenvalue weighted by molar-refractivity contribution is -0.148. The SMILES string of the molecule is CC1(C)O[C@@H]2[C@H](O1)C(COCc1ccccc1)=C[C@H]2n1cnc2c(N)nc(Cl)nc21. The Kier molecular flexibility index (Phi) is 4.74. The van der Waals surface area contributed by atoms with Crippen molar-refractivity contribution in [1.29, 1.82) is 0 Å². The summed E-state index contributed by atoms with van der Waals surface area (Å²) in [7, 11) is 0. The van der Waals surface area contributed by atoms with Crippen LogP contribution in [0.4, 0.5) is 5.82 Å². The molecule has 1 aliphatic heterocycles. The predicted molar refractivity (Wildman–Crippen MR) is 112 cm³/mol. The third kappa shape index (κ3) is 3.45. The van der Waals surface area contributed by atoms with Gasteiger partial charge < -0.3 is 24.5 Å². The fourth-order valence-electron chi connectivity index (χ4n) is 4.09. The van der Waals surface area contributed by atoms with E-state index in [0.717, 1.165) is 11.1 Å². The van der Waals surface area contributed by atoms with E-state index in [4.69, 9.17) is 31.5 Å². The second kappa shape index (κ2) is 7.31. The van der Waals surface area contributed by atoms with Gasteiger partial charge in [0.1, 0.15) is 17.7 Å². The minimum atomic E-state index is -0.700. The molecular weight excluding hydrogens is 406 g/mol. The molecule has 3 atom stereocenters. The molecule has 8 nitrogen and oxygen atoms in total. The van der Waals surface area contributed by atoms with Crippen LogP contribution in [0.5, 0.6) is 0 Å². The van der Waals surface area contributed by atoms with E-state index in [1.54, 1.807) is 6.33 Å². The van der Waals surface area contributed by atoms with Crippen molar-refractivity contribution in [2.45, 2.75) is 44.5 Å². The van der Waals surface area contributed by atoms with Gasteiger partial charge in [0, 0.05) is 0 Å². The number of nitrogens with two attached hydrogens (primary N) is 1. The normalized spacial score (nSPS) is 24.9. The number of benzene rings is 1. The maximum atomic E-state index is 6.23. The van der Waals surface area contributed by atoms with E-state index in [2.05, 4.69) is 21.0 Å². The summed E-state index contributed by atoms with van der Waals surface area (Å²) in [5.74, 6) is -0.452. The van der Waals surface area contributed by atoms with Crippen LogP contribution in [0.15, 0.2) is 48.3 Å². The monoisotopic (exact) mass is 427 g/mol. The highest BCUT2D eigenvalue weighted by Gasteiger charge is 2.50. The van der Waals surface area contributed by atoms with Gasteiger partial charge in [0.05, 0.1) is 25.6 Å². The van der Waals surface area contributed by atoms with Crippen molar-refractivity contribution in [2.24, 2.45) is 0 Å². The summed E-state index contributed by atoms with van der Waals surface area (Å²) in [5, 5.41) is 0.0793. The molecule has 0 unspecified atom stereocenters. The van der Waals surface area contributed by atoms with Gasteiger partial charge in [-0.3, -0.25) is 0 Å². The van der Waals surface area contributed by atoms with Gasteiger partial charge in [-0.25, -0.2) is 4.98 Å². The summed E-state index contributed by atoms with van der Waals surface area (Å²) in [6.45, 7) is 4.79. The first kappa shape index (κ1) is 19.4. The molecule has 2 aromatic heterocycles. The highest BCUT2D eigenvalue weighted by atomic mass is 35.5. The molecule has 0 bridgehead atoms. The molecule has 3 heterocycles. The molecule has 5 rings (SSSR count). The summed E-state index contributed by atoms with van der Waals surface area (Å²) < 4.78 is 20.3. The number of rotatable bonds is 5. The first-order chi connectivity index (χ1) is 14.4. The van der Waals surface area contributed by atoms with Gasteiger partial charge in [0.2, 0.25) is 5.28 Å².